The smallest absolute Gasteiger partial charge is 0.283 e. The van der Waals surface area contributed by atoms with Gasteiger partial charge in [0.2, 0.25) is 5.91 Å². The van der Waals surface area contributed by atoms with E-state index in [4.69, 9.17) is 19.2 Å². The number of carbonyl (C=O) groups is 1. The number of hydrogen-bond donors (Lipinski definition) is 2. The van der Waals surface area contributed by atoms with Crippen molar-refractivity contribution >= 4 is 39.6 Å². The minimum absolute atomic E-state index is 0.0847. The van der Waals surface area contributed by atoms with E-state index in [1.54, 1.807) is 33.5 Å². The van der Waals surface area contributed by atoms with Crippen LogP contribution in [0.1, 0.15) is 5.56 Å². The Kier molecular flexibility index (Phi) is 7.74. The summed E-state index contributed by atoms with van der Waals surface area (Å²) < 4.78 is 17.7. The fourth-order valence-corrected chi connectivity index (χ4v) is 5.26. The zero-order valence-electron chi connectivity index (χ0n) is 21.8. The molecule has 0 radical (unpaired) electrons. The lowest BCUT2D eigenvalue weighted by atomic mass is 10.1. The monoisotopic (exact) mass is 544 g/mol. The average molecular weight is 545 g/mol. The zero-order chi connectivity index (χ0) is 27.4. The molecule has 0 aliphatic heterocycles. The van der Waals surface area contributed by atoms with Gasteiger partial charge in [-0.15, -0.1) is 0 Å². The standard InChI is InChI=1S/C29H28N4O5S/c1-36-22-11-7-6-10-21(22)33-28(35)27-26(19-8-4-5-9-20(19)31-27)32-29(33)39-17-25(34)30-15-14-18-12-13-23(37-2)24(16-18)38-3/h4-13,16,31H,14-15,17H2,1-3H3,(H,30,34). The Morgan fingerprint density at radius 1 is 0.949 bits per heavy atom. The number of ether oxygens (including phenoxy) is 3. The topological polar surface area (TPSA) is 107 Å². The molecule has 0 aliphatic rings. The van der Waals surface area contributed by atoms with Crippen LogP contribution in [-0.2, 0) is 11.2 Å². The van der Waals surface area contributed by atoms with E-state index in [0.29, 0.717) is 52.1 Å². The summed E-state index contributed by atoms with van der Waals surface area (Å²) in [6, 6.07) is 20.5. The van der Waals surface area contributed by atoms with E-state index >= 15 is 0 Å². The van der Waals surface area contributed by atoms with Crippen LogP contribution in [0.2, 0.25) is 0 Å². The molecule has 200 valence electrons. The first-order valence-electron chi connectivity index (χ1n) is 12.3. The first kappa shape index (κ1) is 26.2. The number of H-pyrrole nitrogens is 1. The number of nitrogens with zero attached hydrogens (tertiary/aromatic N) is 2. The molecule has 0 fully saturated rings. The van der Waals surface area contributed by atoms with Gasteiger partial charge in [0.1, 0.15) is 16.8 Å². The molecule has 39 heavy (non-hydrogen) atoms. The molecule has 0 atom stereocenters. The van der Waals surface area contributed by atoms with Crippen molar-refractivity contribution in [2.24, 2.45) is 0 Å². The SMILES string of the molecule is COc1ccc(CCNC(=O)CSc2nc3c([nH]c4ccccc43)c(=O)n2-c2ccccc2OC)cc1OC. The molecule has 3 aromatic carbocycles. The van der Waals surface area contributed by atoms with Gasteiger partial charge in [-0.1, -0.05) is 48.2 Å². The van der Waals surface area contributed by atoms with Crippen LogP contribution in [0.5, 0.6) is 17.2 Å². The van der Waals surface area contributed by atoms with Gasteiger partial charge in [-0.05, 0) is 42.3 Å². The molecule has 0 saturated heterocycles. The van der Waals surface area contributed by atoms with Crippen LogP contribution in [0.3, 0.4) is 0 Å². The van der Waals surface area contributed by atoms with Crippen molar-refractivity contribution in [2.75, 3.05) is 33.6 Å². The first-order chi connectivity index (χ1) is 19.0. The van der Waals surface area contributed by atoms with E-state index in [2.05, 4.69) is 10.3 Å². The van der Waals surface area contributed by atoms with Crippen LogP contribution in [0, 0.1) is 0 Å². The summed E-state index contributed by atoms with van der Waals surface area (Å²) in [4.78, 5) is 34.6. The van der Waals surface area contributed by atoms with Crippen molar-refractivity contribution in [3.8, 4) is 22.9 Å². The van der Waals surface area contributed by atoms with Gasteiger partial charge in [0.15, 0.2) is 16.7 Å². The lowest BCUT2D eigenvalue weighted by molar-refractivity contribution is -0.118. The minimum Gasteiger partial charge on any atom is -0.495 e. The minimum atomic E-state index is -0.267. The molecular formula is C29H28N4O5S. The molecule has 10 heteroatoms. The molecule has 0 aliphatic carbocycles. The Morgan fingerprint density at radius 2 is 1.69 bits per heavy atom. The Labute approximate surface area is 229 Å². The number of amides is 1. The highest BCUT2D eigenvalue weighted by atomic mass is 32.2. The number of thioether (sulfide) groups is 1. The third-order valence-corrected chi connectivity index (χ3v) is 7.28. The van der Waals surface area contributed by atoms with Gasteiger partial charge in [0.05, 0.1) is 32.8 Å². The zero-order valence-corrected chi connectivity index (χ0v) is 22.6. The van der Waals surface area contributed by atoms with E-state index in [1.165, 1.54) is 16.3 Å². The highest BCUT2D eigenvalue weighted by Gasteiger charge is 2.20. The second kappa shape index (κ2) is 11.5. The lowest BCUT2D eigenvalue weighted by Crippen LogP contribution is -2.28. The van der Waals surface area contributed by atoms with Gasteiger partial charge in [-0.2, -0.15) is 0 Å². The van der Waals surface area contributed by atoms with Gasteiger partial charge in [0.25, 0.3) is 5.56 Å². The Bertz CT molecular complexity index is 1710. The maximum atomic E-state index is 13.8. The van der Waals surface area contributed by atoms with Gasteiger partial charge in [-0.25, -0.2) is 9.55 Å². The van der Waals surface area contributed by atoms with Crippen molar-refractivity contribution in [1.82, 2.24) is 19.9 Å². The molecule has 5 aromatic rings. The number of rotatable bonds is 10. The van der Waals surface area contributed by atoms with Crippen molar-refractivity contribution in [2.45, 2.75) is 11.6 Å². The summed E-state index contributed by atoms with van der Waals surface area (Å²) in [7, 11) is 4.73. The number of nitrogens with one attached hydrogen (secondary N) is 2. The molecule has 0 unspecified atom stereocenters. The Balaban J connectivity index is 1.39. The van der Waals surface area contributed by atoms with Crippen molar-refractivity contribution in [3.63, 3.8) is 0 Å². The quantitative estimate of drug-likeness (QED) is 0.199. The maximum Gasteiger partial charge on any atom is 0.283 e. The average Bonchev–Trinajstić information content (AvgIpc) is 3.35. The molecule has 0 spiro atoms. The van der Waals surface area contributed by atoms with Crippen LogP contribution in [-0.4, -0.2) is 54.1 Å². The predicted octanol–water partition coefficient (Wildman–Crippen LogP) is 4.34. The number of aromatic nitrogens is 3. The Morgan fingerprint density at radius 3 is 2.49 bits per heavy atom. The fraction of sp³-hybridized carbons (Fsp3) is 0.207. The molecule has 0 bridgehead atoms. The molecule has 2 N–H and O–H groups in total. The van der Waals surface area contributed by atoms with Crippen molar-refractivity contribution in [1.29, 1.82) is 0 Å². The van der Waals surface area contributed by atoms with Crippen LogP contribution in [0.15, 0.2) is 76.7 Å². The first-order valence-corrected chi connectivity index (χ1v) is 13.3. The van der Waals surface area contributed by atoms with E-state index in [1.807, 2.05) is 54.6 Å². The number of aromatic amines is 1. The van der Waals surface area contributed by atoms with Gasteiger partial charge >= 0.3 is 0 Å². The van der Waals surface area contributed by atoms with Crippen LogP contribution in [0.25, 0.3) is 27.6 Å². The highest BCUT2D eigenvalue weighted by Crippen LogP contribution is 2.30. The summed E-state index contributed by atoms with van der Waals surface area (Å²) in [6.45, 7) is 0.448. The number of benzene rings is 3. The molecule has 1 amide bonds. The largest absolute Gasteiger partial charge is 0.495 e. The number of para-hydroxylation sites is 3. The van der Waals surface area contributed by atoms with Gasteiger partial charge in [-0.3, -0.25) is 9.59 Å². The summed E-state index contributed by atoms with van der Waals surface area (Å²) >= 11 is 1.20. The van der Waals surface area contributed by atoms with E-state index in [0.717, 1.165) is 16.5 Å². The Hall–Kier alpha value is -4.44. The number of methoxy groups -OCH3 is 3. The van der Waals surface area contributed by atoms with Crippen LogP contribution >= 0.6 is 11.8 Å². The van der Waals surface area contributed by atoms with Crippen LogP contribution in [0.4, 0.5) is 0 Å². The van der Waals surface area contributed by atoms with E-state index < -0.39 is 0 Å². The van der Waals surface area contributed by atoms with Crippen LogP contribution < -0.4 is 25.1 Å². The molecule has 2 heterocycles. The van der Waals surface area contributed by atoms with Crippen molar-refractivity contribution < 1.29 is 19.0 Å². The number of fused-ring (bicyclic) bond motifs is 3. The second-order valence-corrected chi connectivity index (χ2v) is 9.62. The summed E-state index contributed by atoms with van der Waals surface area (Å²) in [5.74, 6) is 1.74. The highest BCUT2D eigenvalue weighted by molar-refractivity contribution is 7.99. The van der Waals surface area contributed by atoms with Gasteiger partial charge in [0, 0.05) is 17.4 Å². The third-order valence-electron chi connectivity index (χ3n) is 6.34. The van der Waals surface area contributed by atoms with E-state index in [9.17, 15) is 9.59 Å². The molecule has 2 aromatic heterocycles. The lowest BCUT2D eigenvalue weighted by Gasteiger charge is -2.15. The van der Waals surface area contributed by atoms with E-state index in [-0.39, 0.29) is 17.2 Å². The predicted molar refractivity (Wildman–Crippen MR) is 153 cm³/mol. The summed E-state index contributed by atoms with van der Waals surface area (Å²) in [5.41, 5.74) is 3.08. The second-order valence-electron chi connectivity index (χ2n) is 8.68. The number of carbonyl (C=O) groups excluding carboxylic acids is 1. The molecular weight excluding hydrogens is 516 g/mol. The van der Waals surface area contributed by atoms with Gasteiger partial charge < -0.3 is 24.5 Å². The summed E-state index contributed by atoms with van der Waals surface area (Å²) in [5, 5.41) is 4.19. The number of hydrogen-bond acceptors (Lipinski definition) is 7. The maximum absolute atomic E-state index is 13.8. The normalized spacial score (nSPS) is 11.1. The molecule has 9 nitrogen and oxygen atoms in total. The molecule has 0 saturated carbocycles. The fourth-order valence-electron chi connectivity index (χ4n) is 4.43. The molecule has 5 rings (SSSR count). The third kappa shape index (κ3) is 5.28. The van der Waals surface area contributed by atoms with Crippen molar-refractivity contribution in [3.05, 3.63) is 82.6 Å². The summed E-state index contributed by atoms with van der Waals surface area (Å²) in [6.07, 6.45) is 0.627.